The molecular formula is C33H57NO24. The van der Waals surface area contributed by atoms with Crippen molar-refractivity contribution >= 4 is 5.91 Å². The zero-order valence-electron chi connectivity index (χ0n) is 31.6. The van der Waals surface area contributed by atoms with Crippen molar-refractivity contribution in [2.75, 3.05) is 26.4 Å². The molecule has 0 spiro atoms. The largest absolute Gasteiger partial charge is 0.394 e. The van der Waals surface area contributed by atoms with E-state index in [1.165, 1.54) is 13.8 Å². The Kier molecular flexibility index (Phi) is 16.5. The van der Waals surface area contributed by atoms with Crippen LogP contribution in [0.4, 0.5) is 0 Å². The Labute approximate surface area is 330 Å². The lowest BCUT2D eigenvalue weighted by molar-refractivity contribution is -0.388. The Bertz CT molecular complexity index is 1310. The number of amides is 1. The summed E-state index contributed by atoms with van der Waals surface area (Å²) in [5.41, 5.74) is 0. The molecule has 338 valence electrons. The van der Waals surface area contributed by atoms with Crippen LogP contribution in [0.15, 0.2) is 0 Å². The Morgan fingerprint density at radius 1 is 0.431 bits per heavy atom. The number of carbonyl (C=O) groups is 1. The van der Waals surface area contributed by atoms with Gasteiger partial charge in [0.15, 0.2) is 25.2 Å². The zero-order valence-corrected chi connectivity index (χ0v) is 31.6. The molecule has 5 saturated heterocycles. The first-order valence-electron chi connectivity index (χ1n) is 18.8. The van der Waals surface area contributed by atoms with Crippen LogP contribution in [-0.4, -0.2) is 257 Å². The molecule has 5 heterocycles. The van der Waals surface area contributed by atoms with E-state index in [0.717, 1.165) is 6.92 Å². The molecule has 0 radical (unpaired) electrons. The predicted octanol–water partition coefficient (Wildman–Crippen LogP) is -9.68. The molecule has 25 nitrogen and oxygen atoms in total. The fraction of sp³-hybridized carbons (Fsp3) is 0.970. The van der Waals surface area contributed by atoms with Crippen molar-refractivity contribution in [1.29, 1.82) is 0 Å². The topological polar surface area (TPSA) is 395 Å². The molecular weight excluding hydrogens is 794 g/mol. The lowest BCUT2D eigenvalue weighted by Gasteiger charge is -2.50. The number of hydrogen-bond donors (Lipinski definition) is 15. The normalized spacial score (nSPS) is 51.6. The van der Waals surface area contributed by atoms with E-state index in [2.05, 4.69) is 5.32 Å². The van der Waals surface area contributed by atoms with E-state index >= 15 is 0 Å². The fourth-order valence-electron chi connectivity index (χ4n) is 7.56. The maximum absolute atomic E-state index is 12.6. The summed E-state index contributed by atoms with van der Waals surface area (Å²) in [5.74, 6) is -0.802. The molecule has 5 aliphatic rings. The zero-order chi connectivity index (χ0) is 42.9. The van der Waals surface area contributed by atoms with Gasteiger partial charge in [0.2, 0.25) is 5.91 Å². The summed E-state index contributed by atoms with van der Waals surface area (Å²) in [6.07, 6.45) is -40.8. The van der Waals surface area contributed by atoms with Crippen LogP contribution in [0.2, 0.25) is 0 Å². The summed E-state index contributed by atoms with van der Waals surface area (Å²) in [6.45, 7) is 0.349. The maximum atomic E-state index is 12.6. The minimum atomic E-state index is -2.04. The summed E-state index contributed by atoms with van der Waals surface area (Å²) in [4.78, 5) is 12.6. The first kappa shape index (κ1) is 47.6. The molecule has 5 rings (SSSR count). The SMILES string of the molecule is CC(=O)NC1C(OC2C(O)C(CO)OC(OC3C(CO)OC(C)C(O)C3O)C2O)OC(CO)C(O)C1OC1OC(CO)C(O)C(O)C1OC1OC(C)C(O)C(O)C1O. The van der Waals surface area contributed by atoms with E-state index in [4.69, 9.17) is 42.6 Å². The lowest BCUT2D eigenvalue weighted by atomic mass is 9.94. The summed E-state index contributed by atoms with van der Waals surface area (Å²) >= 11 is 0. The second-order valence-electron chi connectivity index (χ2n) is 15.0. The third kappa shape index (κ3) is 9.77. The van der Waals surface area contributed by atoms with E-state index in [-0.39, 0.29) is 0 Å². The van der Waals surface area contributed by atoms with Crippen LogP contribution in [0, 0.1) is 0 Å². The number of ether oxygens (including phenoxy) is 9. The van der Waals surface area contributed by atoms with Crippen LogP contribution in [-0.2, 0) is 47.4 Å². The van der Waals surface area contributed by atoms with E-state index in [1.807, 2.05) is 0 Å². The summed E-state index contributed by atoms with van der Waals surface area (Å²) in [7, 11) is 0. The van der Waals surface area contributed by atoms with Gasteiger partial charge < -0.3 is 119 Å². The van der Waals surface area contributed by atoms with Crippen LogP contribution in [0.3, 0.4) is 0 Å². The summed E-state index contributed by atoms with van der Waals surface area (Å²) in [5, 5.41) is 151. The van der Waals surface area contributed by atoms with Crippen LogP contribution in [0.25, 0.3) is 0 Å². The highest BCUT2D eigenvalue weighted by Crippen LogP contribution is 2.36. The highest BCUT2D eigenvalue weighted by molar-refractivity contribution is 5.73. The molecule has 5 aliphatic heterocycles. The Morgan fingerprint density at radius 2 is 0.862 bits per heavy atom. The maximum Gasteiger partial charge on any atom is 0.217 e. The standard InChI is InChI=1S/C33H57NO24/c1-8-17(41)22(46)26(14(7-38)50-8)55-32-25(49)28(20(44)13(6-37)53-32)57-30-15(34-10(3)39)27(19(43)12(5-36)52-30)56-33-29(23(47)18(42)11(4-35)54-33)58-31-24(48)21(45)16(40)9(2)51-31/h8-9,11-33,35-38,40-49H,4-7H2,1-3H3,(H,34,39). The molecule has 58 heavy (non-hydrogen) atoms. The first-order valence-corrected chi connectivity index (χ1v) is 18.8. The van der Waals surface area contributed by atoms with E-state index < -0.39 is 186 Å². The second-order valence-corrected chi connectivity index (χ2v) is 15.0. The summed E-state index contributed by atoms with van der Waals surface area (Å²) in [6, 6.07) is -1.69. The van der Waals surface area contributed by atoms with Gasteiger partial charge >= 0.3 is 0 Å². The van der Waals surface area contributed by atoms with E-state index in [9.17, 15) is 76.3 Å². The number of nitrogens with one attached hydrogen (secondary N) is 1. The molecule has 0 aromatic rings. The summed E-state index contributed by atoms with van der Waals surface area (Å²) < 4.78 is 51.6. The molecule has 0 aromatic heterocycles. The van der Waals surface area contributed by atoms with Crippen LogP contribution in [0.5, 0.6) is 0 Å². The quantitative estimate of drug-likeness (QED) is 0.0818. The van der Waals surface area contributed by atoms with Gasteiger partial charge in [-0.2, -0.15) is 0 Å². The van der Waals surface area contributed by atoms with Gasteiger partial charge in [0.1, 0.15) is 116 Å². The Balaban J connectivity index is 1.44. The smallest absolute Gasteiger partial charge is 0.217 e. The number of rotatable bonds is 13. The molecule has 25 heteroatoms. The van der Waals surface area contributed by atoms with E-state index in [0.29, 0.717) is 0 Å². The monoisotopic (exact) mass is 851 g/mol. The minimum Gasteiger partial charge on any atom is -0.394 e. The van der Waals surface area contributed by atoms with Crippen molar-refractivity contribution in [3.63, 3.8) is 0 Å². The molecule has 25 atom stereocenters. The number of hydrogen-bond acceptors (Lipinski definition) is 24. The van der Waals surface area contributed by atoms with Crippen molar-refractivity contribution in [1.82, 2.24) is 5.32 Å². The second kappa shape index (κ2) is 20.2. The first-order chi connectivity index (χ1) is 27.4. The third-order valence-corrected chi connectivity index (χ3v) is 10.9. The number of carbonyl (C=O) groups excluding carboxylic acids is 1. The van der Waals surface area contributed by atoms with Gasteiger partial charge in [-0.05, 0) is 13.8 Å². The van der Waals surface area contributed by atoms with Gasteiger partial charge in [-0.1, -0.05) is 0 Å². The molecule has 0 bridgehead atoms. The number of aliphatic hydroxyl groups excluding tert-OH is 14. The molecule has 0 saturated carbocycles. The Hall–Kier alpha value is -1.45. The molecule has 15 N–H and O–H groups in total. The van der Waals surface area contributed by atoms with Crippen molar-refractivity contribution in [3.8, 4) is 0 Å². The van der Waals surface area contributed by atoms with Gasteiger partial charge in [-0.15, -0.1) is 0 Å². The molecule has 5 fully saturated rings. The molecule has 1 amide bonds. The molecule has 0 aromatic carbocycles. The third-order valence-electron chi connectivity index (χ3n) is 10.9. The van der Waals surface area contributed by atoms with Crippen molar-refractivity contribution in [2.45, 2.75) is 174 Å². The van der Waals surface area contributed by atoms with Crippen LogP contribution in [0.1, 0.15) is 20.8 Å². The fourth-order valence-corrected chi connectivity index (χ4v) is 7.56. The van der Waals surface area contributed by atoms with Gasteiger partial charge in [0.25, 0.3) is 0 Å². The van der Waals surface area contributed by atoms with Crippen LogP contribution < -0.4 is 5.32 Å². The minimum absolute atomic E-state index is 0.710. The van der Waals surface area contributed by atoms with E-state index in [1.54, 1.807) is 0 Å². The van der Waals surface area contributed by atoms with Gasteiger partial charge in [0, 0.05) is 6.92 Å². The highest BCUT2D eigenvalue weighted by atomic mass is 16.8. The van der Waals surface area contributed by atoms with Crippen molar-refractivity contribution in [2.24, 2.45) is 0 Å². The lowest BCUT2D eigenvalue weighted by Crippen LogP contribution is -2.70. The van der Waals surface area contributed by atoms with Gasteiger partial charge in [0.05, 0.1) is 38.6 Å². The number of aliphatic hydroxyl groups is 14. The van der Waals surface area contributed by atoms with Crippen LogP contribution >= 0.6 is 0 Å². The highest BCUT2D eigenvalue weighted by Gasteiger charge is 2.57. The van der Waals surface area contributed by atoms with Crippen molar-refractivity contribution in [3.05, 3.63) is 0 Å². The average molecular weight is 852 g/mol. The molecule has 25 unspecified atom stereocenters. The van der Waals surface area contributed by atoms with Crippen molar-refractivity contribution < 1.29 is 119 Å². The van der Waals surface area contributed by atoms with Gasteiger partial charge in [-0.3, -0.25) is 4.79 Å². The average Bonchev–Trinajstić information content (AvgIpc) is 3.19. The Morgan fingerprint density at radius 3 is 1.45 bits per heavy atom. The predicted molar refractivity (Wildman–Crippen MR) is 180 cm³/mol. The molecule has 0 aliphatic carbocycles. The van der Waals surface area contributed by atoms with Gasteiger partial charge in [-0.25, -0.2) is 0 Å².